The average molecular weight is 540 g/mol. The molecule has 0 fully saturated rings. The molecule has 1 N–H and O–H groups in total. The molecule has 0 saturated carbocycles. The lowest BCUT2D eigenvalue weighted by Gasteiger charge is -2.12. The molecule has 1 heterocycles. The summed E-state index contributed by atoms with van der Waals surface area (Å²) >= 11 is 3.36. The molecule has 2 aliphatic rings. The van der Waals surface area contributed by atoms with Crippen LogP contribution in [-0.2, 0) is 22.4 Å². The van der Waals surface area contributed by atoms with Crippen molar-refractivity contribution in [3.8, 4) is 29.1 Å². The number of fused-ring (bicyclic) bond motifs is 2. The highest BCUT2D eigenvalue weighted by molar-refractivity contribution is 9.10. The number of ether oxygens (including phenoxy) is 3. The topological polar surface area (TPSA) is 88.8 Å². The summed E-state index contributed by atoms with van der Waals surface area (Å²) in [6.07, 6.45) is 2.82. The van der Waals surface area contributed by atoms with Crippen LogP contribution < -0.4 is 9.47 Å². The smallest absolute Gasteiger partial charge is 0.306 e. The van der Waals surface area contributed by atoms with Crippen LogP contribution in [0.25, 0.3) is 0 Å². The number of carbonyl (C=O) groups is 1. The summed E-state index contributed by atoms with van der Waals surface area (Å²) < 4.78 is 30.4. The van der Waals surface area contributed by atoms with Crippen LogP contribution in [0.4, 0.5) is 4.39 Å². The Kier molecular flexibility index (Phi) is 7.57. The number of halogens is 2. The maximum atomic E-state index is 13.7. The second-order valence-electron chi connectivity index (χ2n) is 8.22. The zero-order valence-corrected chi connectivity index (χ0v) is 20.6. The van der Waals surface area contributed by atoms with E-state index in [2.05, 4.69) is 26.7 Å². The lowest BCUT2D eigenvalue weighted by molar-refractivity contribution is -0.141. The first-order chi connectivity index (χ1) is 16.9. The number of rotatable bonds is 4. The molecule has 0 spiro atoms. The Bertz CT molecular complexity index is 1300. The van der Waals surface area contributed by atoms with E-state index in [9.17, 15) is 14.3 Å². The number of phenolic OH excluding ortho intramolecular Hbond substituents is 1. The molecule has 1 aliphatic heterocycles. The van der Waals surface area contributed by atoms with Gasteiger partial charge >= 0.3 is 5.97 Å². The number of aromatic hydroxyl groups is 1. The largest absolute Gasteiger partial charge is 0.508 e. The molecule has 0 amide bonds. The highest BCUT2D eigenvalue weighted by atomic mass is 79.9. The van der Waals surface area contributed by atoms with Crippen LogP contribution in [0.2, 0.25) is 0 Å². The van der Waals surface area contributed by atoms with E-state index in [1.54, 1.807) is 42.5 Å². The molecule has 0 radical (unpaired) electrons. The molecule has 1 atom stereocenters. The predicted molar refractivity (Wildman–Crippen MR) is 130 cm³/mol. The number of nitrogens with zero attached hydrogens (tertiary/aromatic N) is 1. The first-order valence-corrected chi connectivity index (χ1v) is 11.9. The fraction of sp³-hybridized carbons (Fsp3) is 0.259. The average Bonchev–Trinajstić information content (AvgIpc) is 3.49. The molecule has 1 aliphatic carbocycles. The van der Waals surface area contributed by atoms with Crippen LogP contribution in [0.5, 0.6) is 23.0 Å². The van der Waals surface area contributed by atoms with Crippen molar-refractivity contribution >= 4 is 21.9 Å². The zero-order chi connectivity index (χ0) is 24.9. The Labute approximate surface area is 211 Å². The van der Waals surface area contributed by atoms with Gasteiger partial charge in [0.1, 0.15) is 34.9 Å². The van der Waals surface area contributed by atoms with Gasteiger partial charge in [-0.1, -0.05) is 22.0 Å². The number of nitriles is 1. The highest BCUT2D eigenvalue weighted by Gasteiger charge is 2.27. The number of hydrogen-bond acceptors (Lipinski definition) is 6. The Morgan fingerprint density at radius 3 is 2.74 bits per heavy atom. The Morgan fingerprint density at radius 2 is 1.97 bits per heavy atom. The van der Waals surface area contributed by atoms with Crippen molar-refractivity contribution in [2.45, 2.75) is 31.6 Å². The summed E-state index contributed by atoms with van der Waals surface area (Å²) in [5, 5.41) is 18.4. The number of phenols is 1. The van der Waals surface area contributed by atoms with Crippen molar-refractivity contribution in [1.82, 2.24) is 0 Å². The van der Waals surface area contributed by atoms with Gasteiger partial charge in [0.05, 0.1) is 25.7 Å². The number of benzene rings is 3. The van der Waals surface area contributed by atoms with Crippen molar-refractivity contribution in [1.29, 1.82) is 5.26 Å². The van der Waals surface area contributed by atoms with Crippen molar-refractivity contribution < 1.29 is 28.5 Å². The maximum Gasteiger partial charge on any atom is 0.306 e. The maximum absolute atomic E-state index is 13.7. The lowest BCUT2D eigenvalue weighted by Crippen LogP contribution is -2.09. The molecule has 3 aromatic carbocycles. The van der Waals surface area contributed by atoms with Crippen LogP contribution in [0.15, 0.2) is 53.0 Å². The van der Waals surface area contributed by atoms with E-state index in [0.717, 1.165) is 40.4 Å². The van der Waals surface area contributed by atoms with Crippen molar-refractivity contribution in [3.63, 3.8) is 0 Å². The third kappa shape index (κ3) is 5.57. The summed E-state index contributed by atoms with van der Waals surface area (Å²) in [7, 11) is 1.37. The lowest BCUT2D eigenvalue weighted by atomic mass is 9.98. The van der Waals surface area contributed by atoms with Gasteiger partial charge in [-0.3, -0.25) is 4.79 Å². The van der Waals surface area contributed by atoms with Crippen LogP contribution in [0.3, 0.4) is 0 Å². The molecule has 0 bridgehead atoms. The monoisotopic (exact) mass is 539 g/mol. The second-order valence-corrected chi connectivity index (χ2v) is 9.14. The Balaban J connectivity index is 0.000000172. The van der Waals surface area contributed by atoms with Gasteiger partial charge in [0.15, 0.2) is 0 Å². The van der Waals surface area contributed by atoms with Gasteiger partial charge in [-0.15, -0.1) is 0 Å². The van der Waals surface area contributed by atoms with Gasteiger partial charge < -0.3 is 19.3 Å². The third-order valence-corrected chi connectivity index (χ3v) is 6.48. The Morgan fingerprint density at radius 1 is 1.17 bits per heavy atom. The van der Waals surface area contributed by atoms with Gasteiger partial charge in [-0.05, 0) is 61.2 Å². The molecular weight excluding hydrogens is 517 g/mol. The van der Waals surface area contributed by atoms with Crippen molar-refractivity contribution in [2.24, 2.45) is 0 Å². The summed E-state index contributed by atoms with van der Waals surface area (Å²) in [6.45, 7) is 0.466. The molecule has 0 saturated heterocycles. The molecule has 6 nitrogen and oxygen atoms in total. The third-order valence-electron chi connectivity index (χ3n) is 5.99. The van der Waals surface area contributed by atoms with E-state index in [1.807, 2.05) is 0 Å². The standard InChI is InChI=1S/C16H11BrFNO.C11H12O4/c17-11-5-4-10(9-19)16(8-11)20-15-7-6-14(18)12-2-1-3-13(12)15;1-14-11(13)4-7-6-15-10-5-8(12)2-3-9(7)10/h4-8H,1-3H2;2-3,5,7,12H,4,6H2,1H3. The predicted octanol–water partition coefficient (Wildman–Crippen LogP) is 6.17. The minimum absolute atomic E-state index is 0.0352. The SMILES string of the molecule is COC(=O)CC1COc2cc(O)ccc21.N#Cc1ccc(Br)cc1Oc1ccc(F)c2c1CCC2. The zero-order valence-electron chi connectivity index (χ0n) is 19.0. The van der Waals surface area contributed by atoms with E-state index in [4.69, 9.17) is 14.7 Å². The summed E-state index contributed by atoms with van der Waals surface area (Å²) in [4.78, 5) is 11.1. The van der Waals surface area contributed by atoms with E-state index in [-0.39, 0.29) is 23.5 Å². The molecule has 8 heteroatoms. The highest BCUT2D eigenvalue weighted by Crippen LogP contribution is 2.38. The summed E-state index contributed by atoms with van der Waals surface area (Å²) in [6, 6.07) is 15.4. The van der Waals surface area contributed by atoms with Crippen LogP contribution in [0, 0.1) is 17.1 Å². The van der Waals surface area contributed by atoms with E-state index in [1.165, 1.54) is 13.2 Å². The minimum atomic E-state index is -0.246. The number of hydrogen-bond donors (Lipinski definition) is 1. The molecule has 0 aromatic heterocycles. The number of esters is 1. The van der Waals surface area contributed by atoms with Crippen LogP contribution in [0.1, 0.15) is 41.0 Å². The second kappa shape index (κ2) is 10.8. The normalized spacial score (nSPS) is 15.1. The fourth-order valence-electron chi connectivity index (χ4n) is 4.24. The first-order valence-electron chi connectivity index (χ1n) is 11.1. The van der Waals surface area contributed by atoms with Gasteiger partial charge in [0, 0.05) is 27.6 Å². The molecule has 1 unspecified atom stereocenters. The molecular formula is C27H23BrFNO5. The summed E-state index contributed by atoms with van der Waals surface area (Å²) in [5.41, 5.74) is 3.09. The van der Waals surface area contributed by atoms with Gasteiger partial charge in [-0.25, -0.2) is 4.39 Å². The molecule has 3 aromatic rings. The van der Waals surface area contributed by atoms with Gasteiger partial charge in [0.25, 0.3) is 0 Å². The van der Waals surface area contributed by atoms with Gasteiger partial charge in [0.2, 0.25) is 0 Å². The Hall–Kier alpha value is -3.57. The van der Waals surface area contributed by atoms with Gasteiger partial charge in [-0.2, -0.15) is 5.26 Å². The fourth-order valence-corrected chi connectivity index (χ4v) is 4.58. The quantitative estimate of drug-likeness (QED) is 0.398. The first kappa shape index (κ1) is 24.6. The van der Waals surface area contributed by atoms with E-state index in [0.29, 0.717) is 35.8 Å². The number of carbonyl (C=O) groups excluding carboxylic acids is 1. The molecule has 5 rings (SSSR count). The molecule has 180 valence electrons. The van der Waals surface area contributed by atoms with Crippen LogP contribution in [-0.4, -0.2) is 24.8 Å². The van der Waals surface area contributed by atoms with E-state index >= 15 is 0 Å². The van der Waals surface area contributed by atoms with Crippen LogP contribution >= 0.6 is 15.9 Å². The van der Waals surface area contributed by atoms with E-state index < -0.39 is 0 Å². The minimum Gasteiger partial charge on any atom is -0.508 e. The molecule has 35 heavy (non-hydrogen) atoms. The van der Waals surface area contributed by atoms with Crippen molar-refractivity contribution in [3.05, 3.63) is 81.1 Å². The van der Waals surface area contributed by atoms with Crippen molar-refractivity contribution in [2.75, 3.05) is 13.7 Å². The summed E-state index contributed by atoms with van der Waals surface area (Å²) in [5.74, 6) is 1.59. The number of methoxy groups -OCH3 is 1.